The number of hydrogen-bond donors (Lipinski definition) is 8. The van der Waals surface area contributed by atoms with Crippen LogP contribution in [0.2, 0.25) is 0 Å². The van der Waals surface area contributed by atoms with Gasteiger partial charge >= 0.3 is 41.9 Å². The van der Waals surface area contributed by atoms with E-state index in [1.54, 1.807) is 134 Å². The van der Waals surface area contributed by atoms with Crippen molar-refractivity contribution in [3.8, 4) is 6.07 Å². The summed E-state index contributed by atoms with van der Waals surface area (Å²) < 4.78 is 54.3. The Morgan fingerprint density at radius 3 is 1.95 bits per heavy atom. The van der Waals surface area contributed by atoms with Crippen molar-refractivity contribution in [3.05, 3.63) is 143 Å². The number of benzene rings is 3. The van der Waals surface area contributed by atoms with Crippen LogP contribution in [0.25, 0.3) is 0 Å². The van der Waals surface area contributed by atoms with Gasteiger partial charge in [-0.15, -0.1) is 23.5 Å². The first kappa shape index (κ1) is 113. The second-order valence-electron chi connectivity index (χ2n) is 39.0. The number of hydrogen-bond acceptors (Lipinski definition) is 31. The number of carbonyl (C=O) groups excluding carboxylic acids is 12. The summed E-state index contributed by atoms with van der Waals surface area (Å²) in [5.74, 6) is -12.7. The number of ether oxygens (including phenoxy) is 9. The number of carbonyl (C=O) groups is 12. The third-order valence-corrected chi connectivity index (χ3v) is 32.0. The normalized spacial score (nSPS) is 22.5. The van der Waals surface area contributed by atoms with Crippen LogP contribution >= 0.6 is 57.3 Å². The third kappa shape index (κ3) is 30.3. The molecule has 36 heteroatoms. The Kier molecular flexibility index (Phi) is 42.9. The molecule has 4 aliphatic rings. The monoisotopic (exact) mass is 1990 g/mol. The van der Waals surface area contributed by atoms with E-state index in [0.29, 0.717) is 14.8 Å². The molecule has 0 radical (unpaired) electrons. The number of thioether (sulfide) groups is 2. The van der Waals surface area contributed by atoms with E-state index in [0.717, 1.165) is 37.0 Å². The molecule has 5 unspecified atom stereocenters. The summed E-state index contributed by atoms with van der Waals surface area (Å²) in [7, 11) is 4.31. The predicted molar refractivity (Wildman–Crippen MR) is 526 cm³/mol. The number of nitriles is 1. The minimum absolute atomic E-state index is 0.0140. The molecular weight excluding hydrogens is 1860 g/mol. The fraction of sp³-hybridized carbons (Fsp3) is 0.614. The molecule has 1 saturated heterocycles. The van der Waals surface area contributed by atoms with E-state index >= 15 is 19.2 Å². The van der Waals surface area contributed by atoms with Crippen molar-refractivity contribution >= 4 is 132 Å². The van der Waals surface area contributed by atoms with Gasteiger partial charge in [0.2, 0.25) is 29.7 Å². The van der Waals surface area contributed by atoms with Crippen LogP contribution in [0.3, 0.4) is 0 Å². The van der Waals surface area contributed by atoms with Gasteiger partial charge in [-0.25, -0.2) is 19.4 Å². The summed E-state index contributed by atoms with van der Waals surface area (Å²) in [5, 5.41) is 64.7. The number of aromatic nitrogens is 1. The van der Waals surface area contributed by atoms with Gasteiger partial charge in [0.1, 0.15) is 82.1 Å². The molecular formula is C101H139N7O24S5. The third-order valence-electron chi connectivity index (χ3n) is 26.7. The summed E-state index contributed by atoms with van der Waals surface area (Å²) in [6.45, 7) is 21.8. The van der Waals surface area contributed by atoms with E-state index in [9.17, 15) is 58.9 Å². The van der Waals surface area contributed by atoms with Gasteiger partial charge in [0.05, 0.1) is 65.6 Å². The lowest BCUT2D eigenvalue weighted by molar-refractivity contribution is -0.346. The Morgan fingerprint density at radius 2 is 1.35 bits per heavy atom. The van der Waals surface area contributed by atoms with E-state index in [-0.39, 0.29) is 92.3 Å². The SMILES string of the molecule is CCCCCCCCCCCCSC(=S)SCC(C)(C(=O)OCCOC)C(C)(C)CC(C(=O)NCC(=O)NC(Cc1ccccc1)C(=O)NC(CC(C)C)C(=O)NCC(=O)O[C@@H](C(=O)O[C@@H]1C[C@@]2(O)[C@@H](OC(=O)c3ccccc3)[C@@H]3[C@]4(OC(C)=O)CO[C@@H]4C[C@H](O)[C@@]3(C)C(=O)[C@H](O)C(=C1C)C2(C)C)[C@@H](NC(=O)OC(C)(C)C)c1ccccc1)C(C)(C#N)CCC(=O)OCCSSc1ccccn1. The Morgan fingerprint density at radius 1 is 0.723 bits per heavy atom. The number of ketones is 1. The largest absolute Gasteiger partial charge is 0.465 e. The minimum Gasteiger partial charge on any atom is -0.465 e. The Balaban J connectivity index is 1.05. The molecule has 4 aromatic rings. The predicted octanol–water partition coefficient (Wildman–Crippen LogP) is 13.9. The number of thiocarbonyl (C=S) groups is 1. The van der Waals surface area contributed by atoms with Gasteiger partial charge in [-0.1, -0.05) is 214 Å². The van der Waals surface area contributed by atoms with Gasteiger partial charge in [-0.3, -0.25) is 43.2 Å². The van der Waals surface area contributed by atoms with Gasteiger partial charge in [0.15, 0.2) is 11.4 Å². The average Bonchev–Trinajstić information content (AvgIpc) is 0.667. The van der Waals surface area contributed by atoms with Gasteiger partial charge in [0.25, 0.3) is 0 Å². The zero-order valence-electron chi connectivity index (χ0n) is 81.6. The highest BCUT2D eigenvalue weighted by atomic mass is 33.1. The van der Waals surface area contributed by atoms with Crippen molar-refractivity contribution < 1.29 is 115 Å². The molecule has 0 spiro atoms. The maximum absolute atomic E-state index is 15.8. The molecule has 3 aliphatic carbocycles. The molecule has 2 bridgehead atoms. The topological polar surface area (TPSA) is 445 Å². The molecule has 137 heavy (non-hydrogen) atoms. The highest BCUT2D eigenvalue weighted by Crippen LogP contribution is 2.65. The van der Waals surface area contributed by atoms with Crippen LogP contribution < -0.4 is 26.6 Å². The molecule has 2 heterocycles. The van der Waals surface area contributed by atoms with E-state index in [2.05, 4.69) is 44.6 Å². The van der Waals surface area contributed by atoms with Crippen LogP contribution in [0.15, 0.2) is 132 Å². The molecule has 31 nitrogen and oxygen atoms in total. The Labute approximate surface area is 826 Å². The first-order chi connectivity index (χ1) is 64.8. The molecule has 2 saturated carbocycles. The maximum Gasteiger partial charge on any atom is 0.408 e. The lowest BCUT2D eigenvalue weighted by Gasteiger charge is -2.67. The number of nitrogens with zero attached hydrogens (tertiary/aromatic N) is 2. The molecule has 752 valence electrons. The summed E-state index contributed by atoms with van der Waals surface area (Å²) in [4.78, 5) is 181. The standard InChI is InChI=1S/C101H139N7O24S5/c1-17-18-19-20-21-22-23-24-25-37-51-134-93(133)135-62-98(14,91(121)126-49-48-124-16)95(9,10)56-69(97(13,60-102)46-45-77(112)125-50-52-136-137-76-44-35-36-47-103-76)86(116)104-58-75(111)106-71(54-66-38-29-26-30-39-66)88(118)107-70(53-63(2)3)87(117)105-59-78(113)129-82(80(67-40-31-27-32-41-67)108-92(122)132-94(6,7)8)90(120)128-72-57-101(123)85(130-89(119)68-42-33-28-34-43-68)83-99(15,84(115)81(114)79(64(72)4)96(101,11)12)73(110)55-74-100(83,61-127-74)131-65(5)109/h26-36,38-44,47,63,69-74,80-83,85,110,114,123H,17-25,37,45-46,48-59,61-62H2,1-16H3,(H,104,116)(H,105,117)(H,106,111)(H,107,118)(H,108,122)/t69?,70?,71?,72-,73+,74-,80+,81-,82-,83+,85+,97?,98?,99-,100+,101-/m1/s1. The summed E-state index contributed by atoms with van der Waals surface area (Å²) in [6.07, 6.45) is -0.783. The van der Waals surface area contributed by atoms with Crippen LogP contribution in [0.5, 0.6) is 0 Å². The molecule has 8 rings (SSSR count). The highest BCUT2D eigenvalue weighted by molar-refractivity contribution is 8.76. The quantitative estimate of drug-likeness (QED) is 0.00508. The number of methoxy groups -OCH3 is 1. The molecule has 1 aromatic heterocycles. The molecule has 16 atom stereocenters. The van der Waals surface area contributed by atoms with Gasteiger partial charge in [-0.2, -0.15) is 5.26 Å². The van der Waals surface area contributed by atoms with Crippen molar-refractivity contribution in [1.82, 2.24) is 31.6 Å². The van der Waals surface area contributed by atoms with Crippen molar-refractivity contribution in [2.45, 2.75) is 290 Å². The Hall–Kier alpha value is -9.03. The van der Waals surface area contributed by atoms with Gasteiger partial charge in [-0.05, 0) is 149 Å². The fourth-order valence-electron chi connectivity index (χ4n) is 18.4. The fourth-order valence-corrected chi connectivity index (χ4v) is 22.7. The number of amides is 5. The second kappa shape index (κ2) is 51.9. The lowest BCUT2D eigenvalue weighted by Crippen LogP contribution is -2.81. The Bertz CT molecular complexity index is 4850. The molecule has 3 fully saturated rings. The number of pyridine rings is 1. The van der Waals surface area contributed by atoms with Crippen molar-refractivity contribution in [3.63, 3.8) is 0 Å². The van der Waals surface area contributed by atoms with Crippen LogP contribution in [0.4, 0.5) is 4.79 Å². The van der Waals surface area contributed by atoms with E-state index < -0.39 is 208 Å². The van der Waals surface area contributed by atoms with Crippen molar-refractivity contribution in [2.75, 3.05) is 63.9 Å². The molecule has 3 aromatic carbocycles. The van der Waals surface area contributed by atoms with Crippen LogP contribution in [0, 0.1) is 56.2 Å². The number of rotatable bonds is 51. The number of aliphatic hydroxyl groups excluding tert-OH is 2. The number of alkyl carbamates (subject to hydrolysis) is 1. The number of nitrogens with one attached hydrogen (secondary N) is 5. The summed E-state index contributed by atoms with van der Waals surface area (Å²) in [5.41, 5.74) is -13.6. The van der Waals surface area contributed by atoms with E-state index in [4.69, 9.17) is 54.8 Å². The van der Waals surface area contributed by atoms with Crippen molar-refractivity contribution in [2.24, 2.45) is 44.8 Å². The van der Waals surface area contributed by atoms with Crippen molar-refractivity contribution in [1.29, 1.82) is 5.26 Å². The summed E-state index contributed by atoms with van der Waals surface area (Å²) in [6, 6.07) is 27.0. The number of fused-ring (bicyclic) bond motifs is 5. The smallest absolute Gasteiger partial charge is 0.408 e. The number of aliphatic hydroxyl groups is 3. The molecule has 5 amide bonds. The van der Waals surface area contributed by atoms with E-state index in [1.165, 1.54) is 156 Å². The van der Waals surface area contributed by atoms with Gasteiger partial charge < -0.3 is 84.5 Å². The number of Topliss-reactive ketones (excluding diaryl/α,β-unsaturated/α-hetero) is 1. The average molecular weight is 2000 g/mol. The lowest BCUT2D eigenvalue weighted by atomic mass is 9.44. The summed E-state index contributed by atoms with van der Waals surface area (Å²) >= 11 is 8.78. The second-order valence-corrected chi connectivity index (χ2v) is 44.7. The number of esters is 6. The zero-order chi connectivity index (χ0) is 101. The van der Waals surface area contributed by atoms with Crippen LogP contribution in [-0.4, -0.2) is 225 Å². The molecule has 8 N–H and O–H groups in total. The number of unbranched alkanes of at least 4 members (excludes halogenated alkanes) is 9. The highest BCUT2D eigenvalue weighted by Gasteiger charge is 2.78. The van der Waals surface area contributed by atoms with Crippen LogP contribution in [0.1, 0.15) is 234 Å². The maximum atomic E-state index is 15.8. The van der Waals surface area contributed by atoms with Crippen LogP contribution in [-0.2, 0) is 97.0 Å². The first-order valence-electron chi connectivity index (χ1n) is 47.0. The minimum atomic E-state index is -2.60. The first-order valence-corrected chi connectivity index (χ1v) is 51.7. The molecule has 1 aliphatic heterocycles. The van der Waals surface area contributed by atoms with E-state index in [1.807, 2.05) is 12.1 Å². The zero-order valence-corrected chi connectivity index (χ0v) is 85.7. The van der Waals surface area contributed by atoms with Gasteiger partial charge in [0, 0.05) is 62.8 Å².